The summed E-state index contributed by atoms with van der Waals surface area (Å²) in [6, 6.07) is 5.24. The molecule has 7 heteroatoms. The average Bonchev–Trinajstić information content (AvgIpc) is 2.14. The van der Waals surface area contributed by atoms with Gasteiger partial charge in [0.25, 0.3) is 0 Å². The Labute approximate surface area is 92.8 Å². The van der Waals surface area contributed by atoms with Gasteiger partial charge in [0.15, 0.2) is 0 Å². The smallest absolute Gasteiger partial charge is 0.324 e. The van der Waals surface area contributed by atoms with E-state index in [4.69, 9.17) is 10.2 Å². The minimum absolute atomic E-state index is 0.0208. The van der Waals surface area contributed by atoms with E-state index in [-0.39, 0.29) is 11.4 Å². The maximum absolute atomic E-state index is 11.4. The molecule has 0 radical (unpaired) electrons. The van der Waals surface area contributed by atoms with Crippen molar-refractivity contribution in [3.8, 4) is 5.75 Å². The van der Waals surface area contributed by atoms with Crippen LogP contribution in [0.3, 0.4) is 0 Å². The Bertz CT molecular complexity index is 479. The quantitative estimate of drug-likeness (QED) is 0.792. The van der Waals surface area contributed by atoms with E-state index in [2.05, 4.69) is 0 Å². The number of nitrogens with zero attached hydrogens (tertiary/aromatic N) is 1. The molecule has 6 nitrogen and oxygen atoms in total. The molecule has 1 rings (SSSR count). The lowest BCUT2D eigenvalue weighted by Crippen LogP contribution is -2.34. The lowest BCUT2D eigenvalue weighted by atomic mass is 10.3. The number of rotatable bonds is 4. The third-order valence-electron chi connectivity index (χ3n) is 1.82. The van der Waals surface area contributed by atoms with Crippen molar-refractivity contribution < 1.29 is 23.4 Å². The van der Waals surface area contributed by atoms with Crippen molar-refractivity contribution in [3.63, 3.8) is 0 Å². The third-order valence-corrected chi connectivity index (χ3v) is 2.96. The molecule has 88 valence electrons. The molecule has 16 heavy (non-hydrogen) atoms. The van der Waals surface area contributed by atoms with E-state index in [0.717, 1.165) is 10.6 Å². The lowest BCUT2D eigenvalue weighted by Gasteiger charge is -2.20. The van der Waals surface area contributed by atoms with E-state index in [1.807, 2.05) is 0 Å². The van der Waals surface area contributed by atoms with E-state index in [1.165, 1.54) is 24.3 Å². The fraction of sp³-hybridized carbons (Fsp3) is 0.222. The zero-order valence-electron chi connectivity index (χ0n) is 8.49. The van der Waals surface area contributed by atoms with Crippen LogP contribution >= 0.6 is 0 Å². The van der Waals surface area contributed by atoms with Crippen LogP contribution in [-0.2, 0) is 14.8 Å². The summed E-state index contributed by atoms with van der Waals surface area (Å²) in [7, 11) is -3.66. The van der Waals surface area contributed by atoms with Gasteiger partial charge in [0.05, 0.1) is 11.9 Å². The molecule has 1 aromatic rings. The van der Waals surface area contributed by atoms with E-state index in [0.29, 0.717) is 0 Å². The molecule has 0 saturated heterocycles. The van der Waals surface area contributed by atoms with Crippen molar-refractivity contribution in [1.82, 2.24) is 0 Å². The van der Waals surface area contributed by atoms with Crippen molar-refractivity contribution in [2.75, 3.05) is 17.1 Å². The van der Waals surface area contributed by atoms with Crippen LogP contribution in [0.15, 0.2) is 24.3 Å². The van der Waals surface area contributed by atoms with Crippen LogP contribution in [0.25, 0.3) is 0 Å². The van der Waals surface area contributed by atoms with Crippen LogP contribution in [0.2, 0.25) is 0 Å². The molecule has 0 spiro atoms. The number of aromatic hydroxyl groups is 1. The molecule has 2 N–H and O–H groups in total. The van der Waals surface area contributed by atoms with Crippen LogP contribution in [0.5, 0.6) is 5.75 Å². The Hall–Kier alpha value is -1.76. The molecule has 0 unspecified atom stereocenters. The van der Waals surface area contributed by atoms with Crippen molar-refractivity contribution in [2.45, 2.75) is 0 Å². The maximum atomic E-state index is 11.4. The predicted octanol–water partition coefficient (Wildman–Crippen LogP) is 0.243. The molecule has 0 fully saturated rings. The van der Waals surface area contributed by atoms with Gasteiger partial charge in [-0.1, -0.05) is 0 Å². The molecular formula is C9H11NO5S. The molecule has 0 aliphatic carbocycles. The molecule has 0 heterocycles. The average molecular weight is 245 g/mol. The number of hydrogen-bond acceptors (Lipinski definition) is 4. The van der Waals surface area contributed by atoms with Gasteiger partial charge in [-0.25, -0.2) is 8.42 Å². The van der Waals surface area contributed by atoms with Gasteiger partial charge in [-0.15, -0.1) is 0 Å². The minimum atomic E-state index is -3.66. The third kappa shape index (κ3) is 3.13. The summed E-state index contributed by atoms with van der Waals surface area (Å²) in [4.78, 5) is 10.5. The number of phenolic OH excluding ortho intramolecular Hbond substituents is 1. The minimum Gasteiger partial charge on any atom is -0.508 e. The summed E-state index contributed by atoms with van der Waals surface area (Å²) in [6.07, 6.45) is 0.919. The number of anilines is 1. The Morgan fingerprint density at radius 3 is 2.19 bits per heavy atom. The molecule has 1 aromatic carbocycles. The van der Waals surface area contributed by atoms with Crippen LogP contribution in [0.1, 0.15) is 0 Å². The zero-order valence-corrected chi connectivity index (χ0v) is 9.31. The highest BCUT2D eigenvalue weighted by molar-refractivity contribution is 7.92. The number of carbonyl (C=O) groups is 1. The molecule has 0 bridgehead atoms. The van der Waals surface area contributed by atoms with Gasteiger partial charge in [-0.05, 0) is 24.3 Å². The van der Waals surface area contributed by atoms with Gasteiger partial charge >= 0.3 is 5.97 Å². The Kier molecular flexibility index (Phi) is 3.38. The first-order valence-electron chi connectivity index (χ1n) is 4.29. The Morgan fingerprint density at radius 2 is 1.81 bits per heavy atom. The summed E-state index contributed by atoms with van der Waals surface area (Å²) in [5, 5.41) is 17.6. The van der Waals surface area contributed by atoms with Gasteiger partial charge in [-0.3, -0.25) is 9.10 Å². The second-order valence-corrected chi connectivity index (χ2v) is 5.09. The first kappa shape index (κ1) is 12.3. The number of benzene rings is 1. The summed E-state index contributed by atoms with van der Waals surface area (Å²) in [6.45, 7) is -0.649. The van der Waals surface area contributed by atoms with Crippen LogP contribution in [0.4, 0.5) is 5.69 Å². The Morgan fingerprint density at radius 1 is 1.31 bits per heavy atom. The molecule has 0 saturated carbocycles. The van der Waals surface area contributed by atoms with Crippen molar-refractivity contribution in [2.24, 2.45) is 0 Å². The van der Waals surface area contributed by atoms with Crippen LogP contribution in [0, 0.1) is 0 Å². The van der Waals surface area contributed by atoms with Gasteiger partial charge in [0.2, 0.25) is 10.0 Å². The number of hydrogen-bond donors (Lipinski definition) is 2. The highest BCUT2D eigenvalue weighted by atomic mass is 32.2. The molecule has 0 atom stereocenters. The zero-order chi connectivity index (χ0) is 12.3. The van der Waals surface area contributed by atoms with Gasteiger partial charge in [0.1, 0.15) is 12.3 Å². The fourth-order valence-corrected chi connectivity index (χ4v) is 1.99. The maximum Gasteiger partial charge on any atom is 0.324 e. The van der Waals surface area contributed by atoms with E-state index in [9.17, 15) is 13.2 Å². The molecular weight excluding hydrogens is 234 g/mol. The van der Waals surface area contributed by atoms with Crippen LogP contribution in [-0.4, -0.2) is 37.4 Å². The molecule has 0 aliphatic heterocycles. The number of sulfonamides is 1. The topological polar surface area (TPSA) is 94.9 Å². The second kappa shape index (κ2) is 4.40. The SMILES string of the molecule is CS(=O)(=O)N(CC(=O)O)c1ccc(O)cc1. The van der Waals surface area contributed by atoms with Crippen molar-refractivity contribution in [1.29, 1.82) is 0 Å². The summed E-state index contributed by atoms with van der Waals surface area (Å²) in [5.41, 5.74) is 0.197. The highest BCUT2D eigenvalue weighted by Crippen LogP contribution is 2.20. The molecule has 0 aliphatic rings. The van der Waals surface area contributed by atoms with Crippen molar-refractivity contribution >= 4 is 21.7 Å². The first-order valence-corrected chi connectivity index (χ1v) is 6.14. The lowest BCUT2D eigenvalue weighted by molar-refractivity contribution is -0.135. The fourth-order valence-electron chi connectivity index (χ4n) is 1.14. The van der Waals surface area contributed by atoms with E-state index < -0.39 is 22.5 Å². The number of carboxylic acids is 1. The standard InChI is InChI=1S/C9H11NO5S/c1-16(14,15)10(6-9(12)13)7-2-4-8(11)5-3-7/h2-5,11H,6H2,1H3,(H,12,13). The summed E-state index contributed by atoms with van der Waals surface area (Å²) in [5.74, 6) is -1.27. The summed E-state index contributed by atoms with van der Waals surface area (Å²) >= 11 is 0. The number of phenols is 1. The van der Waals surface area contributed by atoms with E-state index in [1.54, 1.807) is 0 Å². The largest absolute Gasteiger partial charge is 0.508 e. The monoisotopic (exact) mass is 245 g/mol. The number of carboxylic acid groups (broad SMARTS) is 1. The highest BCUT2D eigenvalue weighted by Gasteiger charge is 2.20. The van der Waals surface area contributed by atoms with E-state index >= 15 is 0 Å². The molecule has 0 amide bonds. The summed E-state index contributed by atoms with van der Waals surface area (Å²) < 4.78 is 23.4. The first-order chi connectivity index (χ1) is 7.30. The van der Waals surface area contributed by atoms with Gasteiger partial charge < -0.3 is 10.2 Å². The van der Waals surface area contributed by atoms with Crippen LogP contribution < -0.4 is 4.31 Å². The second-order valence-electron chi connectivity index (χ2n) is 3.18. The predicted molar refractivity (Wildman–Crippen MR) is 57.9 cm³/mol. The number of aliphatic carboxylic acids is 1. The molecule has 0 aromatic heterocycles. The normalized spacial score (nSPS) is 11.1. The van der Waals surface area contributed by atoms with Gasteiger partial charge in [0, 0.05) is 0 Å². The Balaban J connectivity index is 3.11. The van der Waals surface area contributed by atoms with Crippen molar-refractivity contribution in [3.05, 3.63) is 24.3 Å². The van der Waals surface area contributed by atoms with Gasteiger partial charge in [-0.2, -0.15) is 0 Å².